The molecule has 0 fully saturated rings. The lowest BCUT2D eigenvalue weighted by atomic mass is 10.1. The van der Waals surface area contributed by atoms with Crippen molar-refractivity contribution in [1.82, 2.24) is 0 Å². The summed E-state index contributed by atoms with van der Waals surface area (Å²) in [5, 5.41) is 0. The number of ether oxygens (including phenoxy) is 3. The van der Waals surface area contributed by atoms with Gasteiger partial charge in [0.25, 0.3) is 0 Å². The maximum Gasteiger partial charge on any atom is 0.122 e. The molecule has 0 aliphatic rings. The Morgan fingerprint density at radius 2 is 1.31 bits per heavy atom. The van der Waals surface area contributed by atoms with Gasteiger partial charge < -0.3 is 26.6 Å². The van der Waals surface area contributed by atoms with Crippen LogP contribution in [0.25, 0.3) is 0 Å². The van der Waals surface area contributed by atoms with Gasteiger partial charge in [0.05, 0.1) is 26.9 Å². The third kappa shape index (κ3) is 12.9. The number of benzene rings is 2. The Labute approximate surface area is 200 Å². The zero-order valence-corrected chi connectivity index (χ0v) is 20.6. The SMILES string of the molecule is CCCCCCCCOc1ccc(OCCOCC[N+](C)(N)Cc2ccccc2)cc1.[Cl-]. The first kappa shape index (κ1) is 28.2. The Hall–Kier alpha value is -1.79. The molecule has 0 aliphatic carbocycles. The highest BCUT2D eigenvalue weighted by molar-refractivity contribution is 5.31. The lowest BCUT2D eigenvalue weighted by Crippen LogP contribution is -3.00. The van der Waals surface area contributed by atoms with Crippen molar-refractivity contribution in [3.8, 4) is 11.5 Å². The van der Waals surface area contributed by atoms with Gasteiger partial charge in [0, 0.05) is 5.56 Å². The van der Waals surface area contributed by atoms with E-state index in [9.17, 15) is 0 Å². The molecule has 2 aromatic carbocycles. The molecule has 2 N–H and O–H groups in total. The van der Waals surface area contributed by atoms with Gasteiger partial charge in [-0.2, -0.15) is 5.84 Å². The lowest BCUT2D eigenvalue weighted by molar-refractivity contribution is -0.934. The zero-order valence-electron chi connectivity index (χ0n) is 19.8. The largest absolute Gasteiger partial charge is 1.00 e. The summed E-state index contributed by atoms with van der Waals surface area (Å²) >= 11 is 0. The third-order valence-electron chi connectivity index (χ3n) is 5.22. The van der Waals surface area contributed by atoms with Crippen LogP contribution in [0.15, 0.2) is 54.6 Å². The summed E-state index contributed by atoms with van der Waals surface area (Å²) in [6, 6.07) is 18.1. The molecular weight excluding hydrogens is 424 g/mol. The van der Waals surface area contributed by atoms with Crippen LogP contribution >= 0.6 is 0 Å². The summed E-state index contributed by atoms with van der Waals surface area (Å²) < 4.78 is 17.7. The number of hydrogen-bond donors (Lipinski definition) is 1. The number of likely N-dealkylation sites (N-methyl/N-ethyl adjacent to an activating group) is 1. The second kappa shape index (κ2) is 16.8. The molecular formula is C26H41ClN2O3. The van der Waals surface area contributed by atoms with Gasteiger partial charge in [0.1, 0.15) is 31.2 Å². The van der Waals surface area contributed by atoms with Crippen molar-refractivity contribution in [2.45, 2.75) is 52.0 Å². The average molecular weight is 465 g/mol. The fourth-order valence-corrected chi connectivity index (χ4v) is 3.38. The fraction of sp³-hybridized carbons (Fsp3) is 0.538. The van der Waals surface area contributed by atoms with Crippen LogP contribution in [0.1, 0.15) is 51.0 Å². The lowest BCUT2D eigenvalue weighted by Gasteiger charge is -2.28. The van der Waals surface area contributed by atoms with Crippen LogP contribution in [0.3, 0.4) is 0 Å². The molecule has 0 bridgehead atoms. The first-order chi connectivity index (χ1) is 15.1. The van der Waals surface area contributed by atoms with Gasteiger partial charge in [-0.05, 0) is 30.7 Å². The van der Waals surface area contributed by atoms with E-state index >= 15 is 0 Å². The summed E-state index contributed by atoms with van der Waals surface area (Å²) in [4.78, 5) is 0. The predicted molar refractivity (Wildman–Crippen MR) is 127 cm³/mol. The Balaban J connectivity index is 0.00000512. The highest BCUT2D eigenvalue weighted by Crippen LogP contribution is 2.18. The van der Waals surface area contributed by atoms with Crippen molar-refractivity contribution in [2.24, 2.45) is 5.84 Å². The van der Waals surface area contributed by atoms with Gasteiger partial charge in [0.15, 0.2) is 0 Å². The Kier molecular flexibility index (Phi) is 14.8. The number of unbranched alkanes of at least 4 members (excludes halogenated alkanes) is 5. The molecule has 1 atom stereocenters. The molecule has 0 saturated heterocycles. The first-order valence-electron chi connectivity index (χ1n) is 11.7. The second-order valence-corrected chi connectivity index (χ2v) is 8.40. The van der Waals surface area contributed by atoms with E-state index in [1.54, 1.807) is 0 Å². The molecule has 5 nitrogen and oxygen atoms in total. The van der Waals surface area contributed by atoms with Crippen LogP contribution < -0.4 is 27.7 Å². The number of halogens is 1. The summed E-state index contributed by atoms with van der Waals surface area (Å²) in [5.74, 6) is 8.08. The van der Waals surface area contributed by atoms with E-state index in [2.05, 4.69) is 19.1 Å². The smallest absolute Gasteiger partial charge is 0.122 e. The van der Waals surface area contributed by atoms with Crippen LogP contribution in [0.4, 0.5) is 0 Å². The van der Waals surface area contributed by atoms with Crippen LogP contribution in [-0.2, 0) is 11.3 Å². The highest BCUT2D eigenvalue weighted by Gasteiger charge is 2.16. The first-order valence-corrected chi connectivity index (χ1v) is 11.7. The normalized spacial score (nSPS) is 12.6. The second-order valence-electron chi connectivity index (χ2n) is 8.40. The molecule has 32 heavy (non-hydrogen) atoms. The van der Waals surface area contributed by atoms with Crippen LogP contribution in [0.2, 0.25) is 0 Å². The van der Waals surface area contributed by atoms with Crippen molar-refractivity contribution >= 4 is 0 Å². The zero-order chi connectivity index (χ0) is 22.2. The van der Waals surface area contributed by atoms with Crippen LogP contribution in [-0.4, -0.2) is 44.6 Å². The van der Waals surface area contributed by atoms with E-state index in [1.807, 2.05) is 49.5 Å². The molecule has 6 heteroatoms. The maximum absolute atomic E-state index is 6.35. The van der Waals surface area contributed by atoms with Gasteiger partial charge in [-0.1, -0.05) is 69.4 Å². The van der Waals surface area contributed by atoms with Crippen molar-refractivity contribution in [3.63, 3.8) is 0 Å². The summed E-state index contributed by atoms with van der Waals surface area (Å²) in [5.41, 5.74) is 1.23. The number of nitrogens with zero attached hydrogens (tertiary/aromatic N) is 1. The molecule has 0 spiro atoms. The monoisotopic (exact) mass is 464 g/mol. The number of hydrogen-bond acceptors (Lipinski definition) is 4. The summed E-state index contributed by atoms with van der Waals surface area (Å²) in [6.07, 6.45) is 7.64. The molecule has 180 valence electrons. The summed E-state index contributed by atoms with van der Waals surface area (Å²) in [7, 11) is 2.02. The molecule has 2 rings (SSSR count). The van der Waals surface area contributed by atoms with Gasteiger partial charge in [-0.15, -0.1) is 0 Å². The van der Waals surface area contributed by atoms with Crippen LogP contribution in [0, 0.1) is 0 Å². The minimum atomic E-state index is 0. The van der Waals surface area contributed by atoms with Gasteiger partial charge in [-0.3, -0.25) is 0 Å². The molecule has 0 aromatic heterocycles. The van der Waals surface area contributed by atoms with Crippen molar-refractivity contribution in [3.05, 3.63) is 60.2 Å². The van der Waals surface area contributed by atoms with E-state index in [4.69, 9.17) is 20.1 Å². The average Bonchev–Trinajstić information content (AvgIpc) is 2.77. The summed E-state index contributed by atoms with van der Waals surface area (Å²) in [6.45, 7) is 6.23. The standard InChI is InChI=1S/C26H41N2O3.ClH/c1-3-4-5-6-7-11-19-30-25-14-16-26(17-15-25)31-22-21-29-20-18-28(2,27)23-24-12-9-8-10-13-24;/h8-10,12-17H,3-7,11,18-23,27H2,1-2H3;1H/q+1;/p-1. The Morgan fingerprint density at radius 3 is 1.97 bits per heavy atom. The Bertz CT molecular complexity index is 696. The number of nitrogens with two attached hydrogens (primary N) is 1. The topological polar surface area (TPSA) is 53.7 Å². The van der Waals surface area contributed by atoms with E-state index < -0.39 is 0 Å². The molecule has 0 aliphatic heterocycles. The van der Waals surface area contributed by atoms with Gasteiger partial charge in [0.2, 0.25) is 0 Å². The molecule has 0 heterocycles. The third-order valence-corrected chi connectivity index (χ3v) is 5.22. The molecule has 0 amide bonds. The fourth-order valence-electron chi connectivity index (χ4n) is 3.38. The van der Waals surface area contributed by atoms with Crippen LogP contribution in [0.5, 0.6) is 11.5 Å². The van der Waals surface area contributed by atoms with E-state index in [0.29, 0.717) is 24.4 Å². The minimum absolute atomic E-state index is 0. The van der Waals surface area contributed by atoms with Gasteiger partial charge >= 0.3 is 0 Å². The van der Waals surface area contributed by atoms with E-state index in [0.717, 1.165) is 37.6 Å². The molecule has 2 aromatic rings. The van der Waals surface area contributed by atoms with Crippen molar-refractivity contribution in [1.29, 1.82) is 0 Å². The quantitative estimate of drug-likeness (QED) is 0.169. The van der Waals surface area contributed by atoms with Crippen molar-refractivity contribution < 1.29 is 31.2 Å². The van der Waals surface area contributed by atoms with Crippen molar-refractivity contribution in [2.75, 3.05) is 40.0 Å². The minimum Gasteiger partial charge on any atom is -1.00 e. The Morgan fingerprint density at radius 1 is 0.719 bits per heavy atom. The van der Waals surface area contributed by atoms with E-state index in [1.165, 1.54) is 37.7 Å². The number of rotatable bonds is 17. The predicted octanol–water partition coefficient (Wildman–Crippen LogP) is 2.35. The number of quaternary nitrogens is 1. The molecule has 0 saturated carbocycles. The van der Waals surface area contributed by atoms with E-state index in [-0.39, 0.29) is 12.4 Å². The maximum atomic E-state index is 6.35. The molecule has 1 unspecified atom stereocenters. The van der Waals surface area contributed by atoms with Gasteiger partial charge in [-0.25, -0.2) is 4.59 Å². The highest BCUT2D eigenvalue weighted by atomic mass is 35.5. The molecule has 0 radical (unpaired) electrons.